The van der Waals surface area contributed by atoms with Gasteiger partial charge in [0.05, 0.1) is 0 Å². The third-order valence-electron chi connectivity index (χ3n) is 3.07. The van der Waals surface area contributed by atoms with Crippen molar-refractivity contribution in [3.05, 3.63) is 0 Å². The molecule has 1 rings (SSSR count). The Labute approximate surface area is 92.2 Å². The molecule has 1 aliphatic heterocycles. The zero-order valence-electron chi connectivity index (χ0n) is 9.81. The molecule has 2 unspecified atom stereocenters. The lowest BCUT2D eigenvalue weighted by Gasteiger charge is -2.32. The number of carbonyl (C=O) groups is 1. The third-order valence-corrected chi connectivity index (χ3v) is 3.07. The fraction of sp³-hybridized carbons (Fsp3) is 0.909. The number of piperidine rings is 1. The first-order valence-corrected chi connectivity index (χ1v) is 6.03. The Morgan fingerprint density at radius 3 is 2.87 bits per heavy atom. The summed E-state index contributed by atoms with van der Waals surface area (Å²) >= 11 is 0. The number of urea groups is 1. The lowest BCUT2D eigenvalue weighted by atomic mass is 9.89. The summed E-state index contributed by atoms with van der Waals surface area (Å²) in [6, 6.07) is 0.395. The molecule has 0 aromatic heterocycles. The highest BCUT2D eigenvalue weighted by Gasteiger charge is 2.23. The Morgan fingerprint density at radius 2 is 2.20 bits per heavy atom. The van der Waals surface area contributed by atoms with Crippen LogP contribution in [-0.2, 0) is 0 Å². The summed E-state index contributed by atoms with van der Waals surface area (Å²) in [5, 5.41) is 9.12. The molecular weight excluding hydrogens is 190 g/mol. The van der Waals surface area contributed by atoms with Crippen LogP contribution < -0.4 is 16.0 Å². The Hall–Kier alpha value is -0.770. The lowest BCUT2D eigenvalue weighted by Crippen LogP contribution is -2.50. The monoisotopic (exact) mass is 213 g/mol. The smallest absolute Gasteiger partial charge is 0.314 e. The van der Waals surface area contributed by atoms with Crippen LogP contribution in [0.1, 0.15) is 33.1 Å². The molecule has 15 heavy (non-hydrogen) atoms. The minimum atomic E-state index is -0.0558. The van der Waals surface area contributed by atoms with Crippen molar-refractivity contribution < 1.29 is 4.79 Å². The molecule has 0 radical (unpaired) electrons. The van der Waals surface area contributed by atoms with Gasteiger partial charge < -0.3 is 16.0 Å². The number of rotatable bonds is 4. The maximum atomic E-state index is 11.2. The van der Waals surface area contributed by atoms with E-state index in [4.69, 9.17) is 0 Å². The fourth-order valence-corrected chi connectivity index (χ4v) is 2.17. The fourth-order valence-electron chi connectivity index (χ4n) is 2.17. The number of hydrogen-bond acceptors (Lipinski definition) is 2. The number of nitrogens with one attached hydrogen (secondary N) is 3. The van der Waals surface area contributed by atoms with E-state index >= 15 is 0 Å². The minimum Gasteiger partial charge on any atom is -0.338 e. The molecule has 0 aromatic carbocycles. The summed E-state index contributed by atoms with van der Waals surface area (Å²) in [6.07, 6.45) is 3.73. The van der Waals surface area contributed by atoms with Gasteiger partial charge in [0.1, 0.15) is 0 Å². The molecule has 2 amide bonds. The van der Waals surface area contributed by atoms with Crippen LogP contribution in [-0.4, -0.2) is 31.7 Å². The van der Waals surface area contributed by atoms with Crippen LogP contribution in [0, 0.1) is 5.92 Å². The van der Waals surface area contributed by atoms with Crippen LogP contribution in [0.2, 0.25) is 0 Å². The van der Waals surface area contributed by atoms with Gasteiger partial charge in [-0.05, 0) is 32.2 Å². The average molecular weight is 213 g/mol. The summed E-state index contributed by atoms with van der Waals surface area (Å²) in [7, 11) is 0. The molecule has 0 saturated carbocycles. The van der Waals surface area contributed by atoms with Gasteiger partial charge in [0, 0.05) is 19.1 Å². The van der Waals surface area contributed by atoms with Gasteiger partial charge in [-0.2, -0.15) is 0 Å². The molecule has 1 saturated heterocycles. The van der Waals surface area contributed by atoms with Crippen molar-refractivity contribution in [2.45, 2.75) is 39.2 Å². The molecule has 4 heteroatoms. The lowest BCUT2D eigenvalue weighted by molar-refractivity contribution is 0.230. The number of hydrogen-bond donors (Lipinski definition) is 3. The Balaban J connectivity index is 2.26. The van der Waals surface area contributed by atoms with Gasteiger partial charge >= 0.3 is 6.03 Å². The SMILES string of the molecule is CCNC(=O)NCC1NCCCC1CC. The van der Waals surface area contributed by atoms with E-state index in [0.29, 0.717) is 18.5 Å². The molecule has 1 aliphatic rings. The molecule has 3 N–H and O–H groups in total. The second-order valence-electron chi connectivity index (χ2n) is 4.11. The molecule has 1 fully saturated rings. The number of amides is 2. The van der Waals surface area contributed by atoms with Crippen molar-refractivity contribution in [2.75, 3.05) is 19.6 Å². The van der Waals surface area contributed by atoms with E-state index in [1.54, 1.807) is 0 Å². The van der Waals surface area contributed by atoms with Gasteiger partial charge in [-0.25, -0.2) is 4.79 Å². The molecule has 1 heterocycles. The second-order valence-corrected chi connectivity index (χ2v) is 4.11. The Morgan fingerprint density at radius 1 is 1.40 bits per heavy atom. The average Bonchev–Trinajstić information content (AvgIpc) is 2.27. The van der Waals surface area contributed by atoms with E-state index in [-0.39, 0.29) is 6.03 Å². The van der Waals surface area contributed by atoms with Gasteiger partial charge in [0.2, 0.25) is 0 Å². The maximum Gasteiger partial charge on any atom is 0.314 e. The zero-order chi connectivity index (χ0) is 11.1. The summed E-state index contributed by atoms with van der Waals surface area (Å²) < 4.78 is 0. The predicted octanol–water partition coefficient (Wildman–Crippen LogP) is 1.08. The maximum absolute atomic E-state index is 11.2. The van der Waals surface area contributed by atoms with Crippen LogP contribution in [0.3, 0.4) is 0 Å². The normalized spacial score (nSPS) is 26.0. The topological polar surface area (TPSA) is 53.2 Å². The predicted molar refractivity (Wildman–Crippen MR) is 61.9 cm³/mol. The van der Waals surface area contributed by atoms with E-state index in [1.165, 1.54) is 19.3 Å². The van der Waals surface area contributed by atoms with Gasteiger partial charge in [-0.15, -0.1) is 0 Å². The first kappa shape index (κ1) is 12.3. The van der Waals surface area contributed by atoms with E-state index in [1.807, 2.05) is 6.92 Å². The van der Waals surface area contributed by atoms with Crippen molar-refractivity contribution in [3.63, 3.8) is 0 Å². The van der Waals surface area contributed by atoms with Gasteiger partial charge in [-0.3, -0.25) is 0 Å². The van der Waals surface area contributed by atoms with Crippen molar-refractivity contribution in [3.8, 4) is 0 Å². The van der Waals surface area contributed by atoms with E-state index in [9.17, 15) is 4.79 Å². The Kier molecular flexibility index (Phi) is 5.47. The van der Waals surface area contributed by atoms with Gasteiger partial charge in [0.25, 0.3) is 0 Å². The standard InChI is InChI=1S/C11H23N3O/c1-3-9-6-5-7-13-10(9)8-14-11(15)12-4-2/h9-10,13H,3-8H2,1-2H3,(H2,12,14,15). The summed E-state index contributed by atoms with van der Waals surface area (Å²) in [6.45, 7) is 6.65. The first-order chi connectivity index (χ1) is 7.27. The van der Waals surface area contributed by atoms with E-state index in [2.05, 4.69) is 22.9 Å². The van der Waals surface area contributed by atoms with Crippen molar-refractivity contribution in [2.24, 2.45) is 5.92 Å². The quantitative estimate of drug-likeness (QED) is 0.654. The van der Waals surface area contributed by atoms with Crippen LogP contribution >= 0.6 is 0 Å². The summed E-state index contributed by atoms with van der Waals surface area (Å²) in [4.78, 5) is 11.2. The highest BCUT2D eigenvalue weighted by Crippen LogP contribution is 2.18. The molecule has 88 valence electrons. The van der Waals surface area contributed by atoms with E-state index < -0.39 is 0 Å². The van der Waals surface area contributed by atoms with Crippen molar-refractivity contribution in [1.82, 2.24) is 16.0 Å². The molecule has 0 bridgehead atoms. The largest absolute Gasteiger partial charge is 0.338 e. The second kappa shape index (κ2) is 6.67. The third kappa shape index (κ3) is 4.08. The number of carbonyl (C=O) groups excluding carboxylic acids is 1. The van der Waals surface area contributed by atoms with Crippen molar-refractivity contribution in [1.29, 1.82) is 0 Å². The van der Waals surface area contributed by atoms with Crippen LogP contribution in [0.4, 0.5) is 4.79 Å². The van der Waals surface area contributed by atoms with Crippen molar-refractivity contribution >= 4 is 6.03 Å². The summed E-state index contributed by atoms with van der Waals surface area (Å²) in [5.41, 5.74) is 0. The highest BCUT2D eigenvalue weighted by molar-refractivity contribution is 5.73. The minimum absolute atomic E-state index is 0.0558. The van der Waals surface area contributed by atoms with Crippen LogP contribution in [0.15, 0.2) is 0 Å². The molecule has 0 aromatic rings. The van der Waals surface area contributed by atoms with Crippen LogP contribution in [0.25, 0.3) is 0 Å². The molecule has 0 spiro atoms. The summed E-state index contributed by atoms with van der Waals surface area (Å²) in [5.74, 6) is 0.709. The molecular formula is C11H23N3O. The molecule has 0 aliphatic carbocycles. The van der Waals surface area contributed by atoms with Crippen LogP contribution in [0.5, 0.6) is 0 Å². The zero-order valence-corrected chi connectivity index (χ0v) is 9.81. The molecule has 2 atom stereocenters. The Bertz CT molecular complexity index is 196. The molecule has 4 nitrogen and oxygen atoms in total. The first-order valence-electron chi connectivity index (χ1n) is 6.03. The van der Waals surface area contributed by atoms with Gasteiger partial charge in [-0.1, -0.05) is 13.3 Å². The van der Waals surface area contributed by atoms with Gasteiger partial charge in [0.15, 0.2) is 0 Å². The highest BCUT2D eigenvalue weighted by atomic mass is 16.2. The van der Waals surface area contributed by atoms with E-state index in [0.717, 1.165) is 13.1 Å².